The quantitative estimate of drug-likeness (QED) is 0.764. The largest absolute Gasteiger partial charge is 0.491 e. The predicted octanol–water partition coefficient (Wildman–Crippen LogP) is 1.12. The summed E-state index contributed by atoms with van der Waals surface area (Å²) in [7, 11) is 1.76. The van der Waals surface area contributed by atoms with E-state index in [4.69, 9.17) is 15.2 Å². The van der Waals surface area contributed by atoms with Crippen LogP contribution in [0.1, 0.15) is 12.8 Å². The van der Waals surface area contributed by atoms with Crippen LogP contribution in [-0.4, -0.2) is 55.6 Å². The molecule has 1 unspecified atom stereocenters. The number of methoxy groups -OCH3 is 1. The van der Waals surface area contributed by atoms with E-state index >= 15 is 0 Å². The summed E-state index contributed by atoms with van der Waals surface area (Å²) in [5.41, 5.74) is 6.34. The first-order chi connectivity index (χ1) is 9.67. The minimum Gasteiger partial charge on any atom is -0.491 e. The Morgan fingerprint density at radius 1 is 1.40 bits per heavy atom. The van der Waals surface area contributed by atoms with Gasteiger partial charge in [-0.15, -0.1) is 0 Å². The second-order valence-corrected chi connectivity index (χ2v) is 5.27. The molecule has 0 aliphatic carbocycles. The van der Waals surface area contributed by atoms with E-state index in [1.54, 1.807) is 13.2 Å². The molecule has 0 saturated carbocycles. The Hall–Kier alpha value is -1.30. The molecule has 1 heterocycles. The molecule has 0 aromatic heterocycles. The van der Waals surface area contributed by atoms with Gasteiger partial charge in [0.15, 0.2) is 0 Å². The summed E-state index contributed by atoms with van der Waals surface area (Å²) in [5, 5.41) is 10.0. The second-order valence-electron chi connectivity index (χ2n) is 5.27. The van der Waals surface area contributed by atoms with Gasteiger partial charge in [-0.05, 0) is 25.0 Å². The molecular formula is C15H24N2O3. The number of aliphatic hydroxyl groups excluding tert-OH is 1. The third-order valence-corrected chi connectivity index (χ3v) is 3.64. The monoisotopic (exact) mass is 280 g/mol. The lowest BCUT2D eigenvalue weighted by Gasteiger charge is -2.32. The van der Waals surface area contributed by atoms with E-state index in [-0.39, 0.29) is 6.61 Å². The van der Waals surface area contributed by atoms with Crippen LogP contribution < -0.4 is 10.5 Å². The smallest absolute Gasteiger partial charge is 0.121 e. The highest BCUT2D eigenvalue weighted by atomic mass is 16.5. The number of likely N-dealkylation sites (tertiary alicyclic amines) is 1. The Morgan fingerprint density at radius 3 is 2.80 bits per heavy atom. The van der Waals surface area contributed by atoms with E-state index in [1.807, 2.05) is 18.2 Å². The average Bonchev–Trinajstić information content (AvgIpc) is 2.46. The van der Waals surface area contributed by atoms with E-state index in [1.165, 1.54) is 0 Å². The molecule has 0 amide bonds. The molecule has 5 heteroatoms. The number of rotatable bonds is 6. The number of β-amino-alcohol motifs (C(OH)–C–C–N with tert-alkyl or cyclic N) is 1. The molecule has 0 bridgehead atoms. The minimum atomic E-state index is -0.490. The van der Waals surface area contributed by atoms with Crippen molar-refractivity contribution >= 4 is 5.69 Å². The highest BCUT2D eigenvalue weighted by molar-refractivity contribution is 5.43. The van der Waals surface area contributed by atoms with Gasteiger partial charge in [0.1, 0.15) is 18.5 Å². The molecule has 0 radical (unpaired) electrons. The molecule has 3 N–H and O–H groups in total. The van der Waals surface area contributed by atoms with Gasteiger partial charge in [-0.3, -0.25) is 0 Å². The van der Waals surface area contributed by atoms with Crippen LogP contribution >= 0.6 is 0 Å². The van der Waals surface area contributed by atoms with Crippen molar-refractivity contribution in [1.82, 2.24) is 4.90 Å². The average molecular weight is 280 g/mol. The van der Waals surface area contributed by atoms with Crippen LogP contribution in [0.15, 0.2) is 24.3 Å². The first kappa shape index (κ1) is 15.1. The standard InChI is InChI=1S/C15H24N2O3/c1-19-14-5-7-17(8-6-14)10-13(18)11-20-15-4-2-3-12(16)9-15/h2-4,9,13-14,18H,5-8,10-11,16H2,1H3. The number of piperidine rings is 1. The minimum absolute atomic E-state index is 0.285. The first-order valence-corrected chi connectivity index (χ1v) is 7.09. The van der Waals surface area contributed by atoms with Gasteiger partial charge < -0.3 is 25.2 Å². The molecule has 5 nitrogen and oxygen atoms in total. The maximum absolute atomic E-state index is 10.0. The molecule has 2 rings (SSSR count). The molecule has 1 atom stereocenters. The lowest BCUT2D eigenvalue weighted by molar-refractivity contribution is 0.0153. The number of anilines is 1. The lowest BCUT2D eigenvalue weighted by atomic mass is 10.1. The third-order valence-electron chi connectivity index (χ3n) is 3.64. The number of aliphatic hydroxyl groups is 1. The predicted molar refractivity (Wildman–Crippen MR) is 78.8 cm³/mol. The number of benzene rings is 1. The van der Waals surface area contributed by atoms with Crippen LogP contribution in [0, 0.1) is 0 Å². The Labute approximate surface area is 120 Å². The fourth-order valence-electron chi connectivity index (χ4n) is 2.48. The number of nitrogen functional groups attached to an aromatic ring is 1. The SMILES string of the molecule is COC1CCN(CC(O)COc2cccc(N)c2)CC1. The van der Waals surface area contributed by atoms with E-state index < -0.39 is 6.10 Å². The highest BCUT2D eigenvalue weighted by Crippen LogP contribution is 2.16. The molecular weight excluding hydrogens is 256 g/mol. The van der Waals surface area contributed by atoms with Crippen molar-refractivity contribution in [2.45, 2.75) is 25.0 Å². The van der Waals surface area contributed by atoms with Gasteiger partial charge in [0, 0.05) is 38.5 Å². The molecule has 1 saturated heterocycles. The summed E-state index contributed by atoms with van der Waals surface area (Å²) in [5.74, 6) is 0.696. The van der Waals surface area contributed by atoms with Crippen molar-refractivity contribution in [3.05, 3.63) is 24.3 Å². The summed E-state index contributed by atoms with van der Waals surface area (Å²) in [6.07, 6.45) is 1.93. The van der Waals surface area contributed by atoms with Gasteiger partial charge in [0.2, 0.25) is 0 Å². The molecule has 1 aliphatic rings. The Bertz CT molecular complexity index is 406. The zero-order valence-corrected chi connectivity index (χ0v) is 12.0. The topological polar surface area (TPSA) is 68.0 Å². The molecule has 1 aliphatic heterocycles. The summed E-state index contributed by atoms with van der Waals surface area (Å²) >= 11 is 0. The molecule has 1 aromatic rings. The Morgan fingerprint density at radius 2 is 2.15 bits per heavy atom. The zero-order valence-electron chi connectivity index (χ0n) is 12.0. The van der Waals surface area contributed by atoms with Crippen molar-refractivity contribution in [2.24, 2.45) is 0 Å². The van der Waals surface area contributed by atoms with Crippen LogP contribution in [0.2, 0.25) is 0 Å². The molecule has 1 aromatic carbocycles. The van der Waals surface area contributed by atoms with Crippen LogP contribution in [0.4, 0.5) is 5.69 Å². The van der Waals surface area contributed by atoms with Gasteiger partial charge in [0.25, 0.3) is 0 Å². The van der Waals surface area contributed by atoms with E-state index in [0.29, 0.717) is 24.1 Å². The maximum atomic E-state index is 10.0. The molecule has 0 spiro atoms. The number of nitrogens with two attached hydrogens (primary N) is 1. The Kier molecular flexibility index (Phi) is 5.64. The van der Waals surface area contributed by atoms with E-state index in [2.05, 4.69) is 4.90 Å². The fourth-order valence-corrected chi connectivity index (χ4v) is 2.48. The lowest BCUT2D eigenvalue weighted by Crippen LogP contribution is -2.42. The Balaban J connectivity index is 1.69. The van der Waals surface area contributed by atoms with E-state index in [9.17, 15) is 5.11 Å². The van der Waals surface area contributed by atoms with E-state index in [0.717, 1.165) is 25.9 Å². The molecule has 112 valence electrons. The summed E-state index contributed by atoms with van der Waals surface area (Å²) in [6.45, 7) is 2.86. The molecule has 1 fully saturated rings. The number of hydrogen-bond donors (Lipinski definition) is 2. The summed E-state index contributed by atoms with van der Waals surface area (Å²) in [6, 6.07) is 7.25. The highest BCUT2D eigenvalue weighted by Gasteiger charge is 2.20. The number of hydrogen-bond acceptors (Lipinski definition) is 5. The van der Waals surface area contributed by atoms with Gasteiger partial charge in [-0.1, -0.05) is 6.07 Å². The van der Waals surface area contributed by atoms with Gasteiger partial charge in [0.05, 0.1) is 6.10 Å². The normalized spacial score (nSPS) is 18.9. The van der Waals surface area contributed by atoms with Gasteiger partial charge >= 0.3 is 0 Å². The summed E-state index contributed by atoms with van der Waals surface area (Å²) < 4.78 is 10.9. The number of ether oxygens (including phenoxy) is 2. The van der Waals surface area contributed by atoms with Crippen molar-refractivity contribution in [1.29, 1.82) is 0 Å². The fraction of sp³-hybridized carbons (Fsp3) is 0.600. The maximum Gasteiger partial charge on any atom is 0.121 e. The first-order valence-electron chi connectivity index (χ1n) is 7.09. The second kappa shape index (κ2) is 7.47. The summed E-state index contributed by atoms with van der Waals surface area (Å²) in [4.78, 5) is 2.25. The van der Waals surface area contributed by atoms with Crippen molar-refractivity contribution in [2.75, 3.05) is 39.1 Å². The van der Waals surface area contributed by atoms with Crippen LogP contribution in [-0.2, 0) is 4.74 Å². The number of nitrogens with zero attached hydrogens (tertiary/aromatic N) is 1. The van der Waals surface area contributed by atoms with Gasteiger partial charge in [-0.25, -0.2) is 0 Å². The van der Waals surface area contributed by atoms with Crippen molar-refractivity contribution < 1.29 is 14.6 Å². The van der Waals surface area contributed by atoms with Crippen LogP contribution in [0.25, 0.3) is 0 Å². The van der Waals surface area contributed by atoms with Crippen molar-refractivity contribution in [3.8, 4) is 5.75 Å². The van der Waals surface area contributed by atoms with Gasteiger partial charge in [-0.2, -0.15) is 0 Å². The van der Waals surface area contributed by atoms with Crippen LogP contribution in [0.5, 0.6) is 5.75 Å². The van der Waals surface area contributed by atoms with Crippen LogP contribution in [0.3, 0.4) is 0 Å². The third kappa shape index (κ3) is 4.67. The van der Waals surface area contributed by atoms with Crippen molar-refractivity contribution in [3.63, 3.8) is 0 Å². The molecule has 20 heavy (non-hydrogen) atoms. The zero-order chi connectivity index (χ0) is 14.4.